The maximum atomic E-state index is 2.32. The summed E-state index contributed by atoms with van der Waals surface area (Å²) in [7, 11) is 0. The van der Waals surface area contributed by atoms with Crippen LogP contribution >= 0.6 is 11.8 Å². The van der Waals surface area contributed by atoms with Gasteiger partial charge in [0.1, 0.15) is 0 Å². The summed E-state index contributed by atoms with van der Waals surface area (Å²) in [5, 5.41) is 0.880. The molecule has 0 radical (unpaired) electrons. The molecule has 1 fully saturated rings. The molecule has 0 nitrogen and oxygen atoms in total. The number of thioether (sulfide) groups is 1. The van der Waals surface area contributed by atoms with Gasteiger partial charge < -0.3 is 0 Å². The van der Waals surface area contributed by atoms with Gasteiger partial charge in [-0.1, -0.05) is 44.7 Å². The fourth-order valence-electron chi connectivity index (χ4n) is 2.49. The van der Waals surface area contributed by atoms with Crippen molar-refractivity contribution in [2.45, 2.75) is 68.4 Å². The quantitative estimate of drug-likeness (QED) is 0.667. The summed E-state index contributed by atoms with van der Waals surface area (Å²) in [5.74, 6) is 0. The normalized spacial score (nSPS) is 17.2. The smallest absolute Gasteiger partial charge is 0.00944 e. The molecule has 0 amide bonds. The summed E-state index contributed by atoms with van der Waals surface area (Å²) in [6, 6.07) is 9.29. The van der Waals surface area contributed by atoms with E-state index in [2.05, 4.69) is 43.0 Å². The predicted octanol–water partition coefficient (Wildman–Crippen LogP) is 5.45. The van der Waals surface area contributed by atoms with Crippen LogP contribution in [0.4, 0.5) is 0 Å². The molecule has 1 saturated carbocycles. The minimum atomic E-state index is 0.880. The van der Waals surface area contributed by atoms with Gasteiger partial charge in [0.15, 0.2) is 0 Å². The molecule has 0 spiro atoms. The summed E-state index contributed by atoms with van der Waals surface area (Å²) in [5.41, 5.74) is 1.50. The molecule has 94 valence electrons. The zero-order chi connectivity index (χ0) is 11.9. The number of hydrogen-bond acceptors (Lipinski definition) is 1. The first-order chi connectivity index (χ1) is 8.38. The van der Waals surface area contributed by atoms with Crippen LogP contribution in [0.5, 0.6) is 0 Å². The van der Waals surface area contributed by atoms with Crippen LogP contribution in [0.1, 0.15) is 57.4 Å². The second-order valence-electron chi connectivity index (χ2n) is 5.13. The predicted molar refractivity (Wildman–Crippen MR) is 77.8 cm³/mol. The molecule has 0 bridgehead atoms. The lowest BCUT2D eigenvalue weighted by Crippen LogP contribution is -2.07. The van der Waals surface area contributed by atoms with Crippen LogP contribution in [-0.4, -0.2) is 5.25 Å². The van der Waals surface area contributed by atoms with E-state index >= 15 is 0 Å². The summed E-state index contributed by atoms with van der Waals surface area (Å²) >= 11 is 2.10. The lowest BCUT2D eigenvalue weighted by molar-refractivity contribution is 0.516. The maximum Gasteiger partial charge on any atom is 0.00944 e. The molecule has 0 N–H and O–H groups in total. The first-order valence-electron chi connectivity index (χ1n) is 7.14. The Morgan fingerprint density at radius 3 is 2.41 bits per heavy atom. The van der Waals surface area contributed by atoms with E-state index in [1.165, 1.54) is 61.8 Å². The number of aryl methyl sites for hydroxylation is 1. The lowest BCUT2D eigenvalue weighted by Gasteiger charge is -2.20. The Balaban J connectivity index is 1.84. The van der Waals surface area contributed by atoms with Crippen LogP contribution in [0.15, 0.2) is 29.2 Å². The van der Waals surface area contributed by atoms with Gasteiger partial charge in [0.2, 0.25) is 0 Å². The van der Waals surface area contributed by atoms with E-state index in [4.69, 9.17) is 0 Å². The molecule has 0 aromatic heterocycles. The Hall–Kier alpha value is -0.430. The van der Waals surface area contributed by atoms with E-state index < -0.39 is 0 Å². The topological polar surface area (TPSA) is 0 Å². The first-order valence-corrected chi connectivity index (χ1v) is 8.02. The molecule has 1 aromatic carbocycles. The van der Waals surface area contributed by atoms with Crippen LogP contribution in [0.2, 0.25) is 0 Å². The van der Waals surface area contributed by atoms with E-state index in [9.17, 15) is 0 Å². The lowest BCUT2D eigenvalue weighted by atomic mass is 10.0. The molecule has 1 aliphatic rings. The molecule has 2 rings (SSSR count). The Morgan fingerprint density at radius 1 is 1.06 bits per heavy atom. The highest BCUT2D eigenvalue weighted by Crippen LogP contribution is 2.33. The minimum Gasteiger partial charge on any atom is -0.123 e. The van der Waals surface area contributed by atoms with Gasteiger partial charge >= 0.3 is 0 Å². The van der Waals surface area contributed by atoms with E-state index in [0.717, 1.165) is 5.25 Å². The maximum absolute atomic E-state index is 2.32. The van der Waals surface area contributed by atoms with Crippen LogP contribution in [-0.2, 0) is 6.42 Å². The molecular weight excluding hydrogens is 224 g/mol. The van der Waals surface area contributed by atoms with Crippen molar-refractivity contribution in [3.8, 4) is 0 Å². The summed E-state index contributed by atoms with van der Waals surface area (Å²) in [6.07, 6.45) is 11.0. The minimum absolute atomic E-state index is 0.880. The molecule has 1 aromatic rings. The largest absolute Gasteiger partial charge is 0.123 e. The monoisotopic (exact) mass is 248 g/mol. The second-order valence-corrected chi connectivity index (χ2v) is 6.50. The Kier molecular flexibility index (Phi) is 5.44. The third-order valence-electron chi connectivity index (χ3n) is 3.60. The van der Waals surface area contributed by atoms with Crippen molar-refractivity contribution < 1.29 is 0 Å². The zero-order valence-electron chi connectivity index (χ0n) is 11.0. The van der Waals surface area contributed by atoms with Crippen molar-refractivity contribution >= 4 is 11.8 Å². The van der Waals surface area contributed by atoms with E-state index in [1.54, 1.807) is 0 Å². The van der Waals surface area contributed by atoms with Crippen molar-refractivity contribution in [1.82, 2.24) is 0 Å². The fourth-order valence-corrected chi connectivity index (χ4v) is 3.74. The molecular formula is C16H24S. The molecule has 0 unspecified atom stereocenters. The SMILES string of the molecule is CCCCc1ccc(SC2CCCCC2)cc1. The van der Waals surface area contributed by atoms with Gasteiger partial charge in [-0.25, -0.2) is 0 Å². The van der Waals surface area contributed by atoms with Crippen LogP contribution in [0.3, 0.4) is 0 Å². The van der Waals surface area contributed by atoms with Crippen molar-refractivity contribution in [3.05, 3.63) is 29.8 Å². The molecule has 17 heavy (non-hydrogen) atoms. The van der Waals surface area contributed by atoms with Gasteiger partial charge in [0.25, 0.3) is 0 Å². The van der Waals surface area contributed by atoms with Gasteiger partial charge in [-0.15, -0.1) is 11.8 Å². The molecule has 0 aliphatic heterocycles. The van der Waals surface area contributed by atoms with Crippen molar-refractivity contribution in [3.63, 3.8) is 0 Å². The summed E-state index contributed by atoms with van der Waals surface area (Å²) in [6.45, 7) is 2.26. The summed E-state index contributed by atoms with van der Waals surface area (Å²) < 4.78 is 0. The number of benzene rings is 1. The van der Waals surface area contributed by atoms with Gasteiger partial charge in [-0.2, -0.15) is 0 Å². The average Bonchev–Trinajstić information content (AvgIpc) is 2.39. The third-order valence-corrected chi connectivity index (χ3v) is 4.95. The van der Waals surface area contributed by atoms with Crippen LogP contribution in [0, 0.1) is 0 Å². The average molecular weight is 248 g/mol. The highest BCUT2D eigenvalue weighted by molar-refractivity contribution is 8.00. The molecule has 1 aliphatic carbocycles. The zero-order valence-corrected chi connectivity index (χ0v) is 11.8. The summed E-state index contributed by atoms with van der Waals surface area (Å²) in [4.78, 5) is 1.47. The van der Waals surface area contributed by atoms with Gasteiger partial charge in [-0.3, -0.25) is 0 Å². The highest BCUT2D eigenvalue weighted by atomic mass is 32.2. The molecule has 0 heterocycles. The number of rotatable bonds is 5. The Bertz CT molecular complexity index is 309. The van der Waals surface area contributed by atoms with Crippen molar-refractivity contribution in [2.24, 2.45) is 0 Å². The van der Waals surface area contributed by atoms with Crippen molar-refractivity contribution in [2.75, 3.05) is 0 Å². The fraction of sp³-hybridized carbons (Fsp3) is 0.625. The molecule has 1 heteroatoms. The first kappa shape index (κ1) is 13.0. The van der Waals surface area contributed by atoms with Gasteiger partial charge in [-0.05, 0) is 43.4 Å². The molecule has 0 atom stereocenters. The van der Waals surface area contributed by atoms with Gasteiger partial charge in [0.05, 0.1) is 0 Å². The highest BCUT2D eigenvalue weighted by Gasteiger charge is 2.14. The number of unbranched alkanes of at least 4 members (excludes halogenated alkanes) is 1. The van der Waals surface area contributed by atoms with Crippen LogP contribution < -0.4 is 0 Å². The Morgan fingerprint density at radius 2 is 1.76 bits per heavy atom. The van der Waals surface area contributed by atoms with E-state index in [1.807, 2.05) is 0 Å². The van der Waals surface area contributed by atoms with E-state index in [0.29, 0.717) is 0 Å². The standard InChI is InChI=1S/C16H24S/c1-2-3-7-14-10-12-16(13-11-14)17-15-8-5-4-6-9-15/h10-13,15H,2-9H2,1H3. The van der Waals surface area contributed by atoms with E-state index in [-0.39, 0.29) is 0 Å². The number of hydrogen-bond donors (Lipinski definition) is 0. The Labute approximate surface area is 110 Å². The van der Waals surface area contributed by atoms with Crippen LogP contribution in [0.25, 0.3) is 0 Å². The molecule has 0 saturated heterocycles. The van der Waals surface area contributed by atoms with Crippen molar-refractivity contribution in [1.29, 1.82) is 0 Å². The second kappa shape index (κ2) is 7.10. The van der Waals surface area contributed by atoms with Gasteiger partial charge in [0, 0.05) is 10.1 Å². The third kappa shape index (κ3) is 4.39.